The van der Waals surface area contributed by atoms with Gasteiger partial charge in [-0.15, -0.1) is 13.2 Å². The summed E-state index contributed by atoms with van der Waals surface area (Å²) in [5.74, 6) is -0.204. The maximum Gasteiger partial charge on any atom is 0.573 e. The molecule has 3 aromatic rings. The lowest BCUT2D eigenvalue weighted by molar-refractivity contribution is -0.274. The molecule has 1 aromatic heterocycles. The Morgan fingerprint density at radius 2 is 1.73 bits per heavy atom. The van der Waals surface area contributed by atoms with Gasteiger partial charge in [0, 0.05) is 25.2 Å². The number of benzene rings is 2. The number of alkyl halides is 3. The molecular formula is C20H17F3N2O4S. The Labute approximate surface area is 174 Å². The van der Waals surface area contributed by atoms with Crippen LogP contribution < -0.4 is 19.9 Å². The van der Waals surface area contributed by atoms with Crippen LogP contribution >= 0.6 is 12.2 Å². The molecule has 0 radical (unpaired) electrons. The van der Waals surface area contributed by atoms with E-state index in [0.29, 0.717) is 22.3 Å². The van der Waals surface area contributed by atoms with Gasteiger partial charge >= 0.3 is 6.36 Å². The molecule has 10 heteroatoms. The lowest BCUT2D eigenvalue weighted by Crippen LogP contribution is -2.33. The van der Waals surface area contributed by atoms with Gasteiger partial charge in [-0.1, -0.05) is 12.2 Å². The average molecular weight is 438 g/mol. The fraction of sp³-hybridized carbons (Fsp3) is 0.200. The van der Waals surface area contributed by atoms with Gasteiger partial charge < -0.3 is 24.0 Å². The summed E-state index contributed by atoms with van der Waals surface area (Å²) in [5, 5.41) is 11.2. The highest BCUT2D eigenvalue weighted by Crippen LogP contribution is 2.31. The highest BCUT2D eigenvalue weighted by atomic mass is 32.1. The molecule has 0 fully saturated rings. The molecule has 158 valence electrons. The van der Waals surface area contributed by atoms with Crippen LogP contribution in [0, 0.1) is 0 Å². The first-order valence-corrected chi connectivity index (χ1v) is 8.98. The Kier molecular flexibility index (Phi) is 5.62. The molecule has 0 unspecified atom stereocenters. The summed E-state index contributed by atoms with van der Waals surface area (Å²) < 4.78 is 47.4. The monoisotopic (exact) mass is 438 g/mol. The van der Waals surface area contributed by atoms with E-state index in [1.54, 1.807) is 25.2 Å². The first-order valence-electron chi connectivity index (χ1n) is 8.57. The number of methoxy groups -OCH3 is 1. The van der Waals surface area contributed by atoms with Crippen molar-refractivity contribution in [1.82, 2.24) is 4.57 Å². The second-order valence-electron chi connectivity index (χ2n) is 6.38. The van der Waals surface area contributed by atoms with Crippen LogP contribution in [-0.4, -0.2) is 35.2 Å². The summed E-state index contributed by atoms with van der Waals surface area (Å²) >= 11 is 5.41. The molecule has 1 heterocycles. The predicted molar refractivity (Wildman–Crippen MR) is 111 cm³/mol. The number of pyridine rings is 1. The molecule has 0 atom stereocenters. The minimum atomic E-state index is -4.80. The van der Waals surface area contributed by atoms with Crippen LogP contribution in [0.4, 0.5) is 18.9 Å². The number of hydrogen-bond donors (Lipinski definition) is 1. The van der Waals surface area contributed by atoms with Crippen molar-refractivity contribution in [1.29, 1.82) is 0 Å². The topological polar surface area (TPSA) is 63.9 Å². The number of aromatic hydroxyl groups is 1. The second kappa shape index (κ2) is 7.86. The number of aryl methyl sites for hydroxylation is 1. The van der Waals surface area contributed by atoms with Gasteiger partial charge in [0.2, 0.25) is 0 Å². The molecular weight excluding hydrogens is 421 g/mol. The first kappa shape index (κ1) is 21.4. The maximum atomic E-state index is 12.9. The van der Waals surface area contributed by atoms with E-state index in [0.717, 1.165) is 12.1 Å². The lowest BCUT2D eigenvalue weighted by atomic mass is 10.1. The van der Waals surface area contributed by atoms with Gasteiger partial charge in [-0.25, -0.2) is 0 Å². The summed E-state index contributed by atoms with van der Waals surface area (Å²) in [6.45, 7) is 0. The van der Waals surface area contributed by atoms with E-state index >= 15 is 0 Å². The van der Waals surface area contributed by atoms with E-state index in [1.807, 2.05) is 0 Å². The van der Waals surface area contributed by atoms with E-state index in [-0.39, 0.29) is 22.1 Å². The van der Waals surface area contributed by atoms with Crippen molar-refractivity contribution in [3.8, 4) is 17.2 Å². The lowest BCUT2D eigenvalue weighted by Gasteiger charge is -2.22. The Morgan fingerprint density at radius 1 is 1.13 bits per heavy atom. The van der Waals surface area contributed by atoms with Crippen molar-refractivity contribution >= 4 is 33.8 Å². The Balaban J connectivity index is 2.03. The van der Waals surface area contributed by atoms with Crippen molar-refractivity contribution in [3.63, 3.8) is 0 Å². The third kappa shape index (κ3) is 4.04. The largest absolute Gasteiger partial charge is 0.573 e. The first-order chi connectivity index (χ1) is 14.0. The summed E-state index contributed by atoms with van der Waals surface area (Å²) in [6, 6.07) is 9.87. The number of aromatic nitrogens is 1. The SMILES string of the molecule is COc1ccc2c(c1)c(O)c(C(=S)N(C)c1ccc(OC(F)(F)F)cc1)c(=O)n2C. The molecule has 1 N–H and O–H groups in total. The summed E-state index contributed by atoms with van der Waals surface area (Å²) in [5.41, 5.74) is 0.272. The van der Waals surface area contributed by atoms with Gasteiger partial charge in [0.1, 0.15) is 27.8 Å². The molecule has 6 nitrogen and oxygen atoms in total. The van der Waals surface area contributed by atoms with E-state index < -0.39 is 11.9 Å². The quantitative estimate of drug-likeness (QED) is 0.622. The van der Waals surface area contributed by atoms with Crippen molar-refractivity contribution < 1.29 is 27.8 Å². The summed E-state index contributed by atoms with van der Waals surface area (Å²) in [4.78, 5) is 14.3. The minimum absolute atomic E-state index is 0.00214. The third-order valence-corrected chi connectivity index (χ3v) is 5.03. The van der Waals surface area contributed by atoms with Crippen LogP contribution in [0.3, 0.4) is 0 Å². The standard InChI is InChI=1S/C20H17F3N2O4S/c1-24(11-4-6-12(7-5-11)29-20(21,22)23)19(30)16-17(26)14-10-13(28-3)8-9-15(14)25(2)18(16)27/h4-10,26H,1-3H3. The number of thiocarbonyl (C=S) groups is 1. The molecule has 3 rings (SSSR count). The highest BCUT2D eigenvalue weighted by Gasteiger charge is 2.31. The average Bonchev–Trinajstić information content (AvgIpc) is 2.70. The summed E-state index contributed by atoms with van der Waals surface area (Å²) in [7, 11) is 4.56. The molecule has 0 saturated heterocycles. The van der Waals surface area contributed by atoms with Crippen LogP contribution in [0.25, 0.3) is 10.9 Å². The van der Waals surface area contributed by atoms with Crippen LogP contribution in [0.15, 0.2) is 47.3 Å². The molecule has 0 aliphatic heterocycles. The number of fused-ring (bicyclic) bond motifs is 1. The fourth-order valence-corrected chi connectivity index (χ4v) is 3.28. The second-order valence-corrected chi connectivity index (χ2v) is 6.76. The zero-order chi connectivity index (χ0) is 22.2. The number of ether oxygens (including phenoxy) is 2. The van der Waals surface area contributed by atoms with Crippen molar-refractivity contribution in [2.45, 2.75) is 6.36 Å². The van der Waals surface area contributed by atoms with Gasteiger partial charge in [0.25, 0.3) is 5.56 Å². The van der Waals surface area contributed by atoms with Crippen LogP contribution in [-0.2, 0) is 7.05 Å². The van der Waals surface area contributed by atoms with Gasteiger partial charge in [0.15, 0.2) is 0 Å². The van der Waals surface area contributed by atoms with E-state index in [1.165, 1.54) is 35.8 Å². The van der Waals surface area contributed by atoms with E-state index in [2.05, 4.69) is 4.74 Å². The van der Waals surface area contributed by atoms with Crippen molar-refractivity contribution in [2.75, 3.05) is 19.1 Å². The molecule has 30 heavy (non-hydrogen) atoms. The van der Waals surface area contributed by atoms with E-state index in [4.69, 9.17) is 17.0 Å². The molecule has 0 aliphatic carbocycles. The smallest absolute Gasteiger partial charge is 0.506 e. The van der Waals surface area contributed by atoms with Gasteiger partial charge in [0.05, 0.1) is 12.6 Å². The van der Waals surface area contributed by atoms with Gasteiger partial charge in [-0.2, -0.15) is 0 Å². The Hall–Kier alpha value is -3.27. The molecule has 0 bridgehead atoms. The minimum Gasteiger partial charge on any atom is -0.506 e. The zero-order valence-electron chi connectivity index (χ0n) is 16.1. The molecule has 0 spiro atoms. The maximum absolute atomic E-state index is 12.9. The Bertz CT molecular complexity index is 1170. The number of nitrogens with zero attached hydrogens (tertiary/aromatic N) is 2. The van der Waals surface area contributed by atoms with Crippen LogP contribution in [0.5, 0.6) is 17.2 Å². The number of halogens is 3. The number of anilines is 1. The number of rotatable bonds is 4. The highest BCUT2D eigenvalue weighted by molar-refractivity contribution is 7.81. The predicted octanol–water partition coefficient (Wildman–Crippen LogP) is 3.96. The third-order valence-electron chi connectivity index (χ3n) is 4.55. The Morgan fingerprint density at radius 3 is 2.30 bits per heavy atom. The molecule has 2 aromatic carbocycles. The van der Waals surface area contributed by atoms with Crippen molar-refractivity contribution in [2.24, 2.45) is 7.05 Å². The molecule has 0 saturated carbocycles. The fourth-order valence-electron chi connectivity index (χ4n) is 2.99. The zero-order valence-corrected chi connectivity index (χ0v) is 17.0. The molecule has 0 aliphatic rings. The van der Waals surface area contributed by atoms with E-state index in [9.17, 15) is 23.1 Å². The molecule has 0 amide bonds. The number of hydrogen-bond acceptors (Lipinski definition) is 5. The van der Waals surface area contributed by atoms with Gasteiger partial charge in [-0.05, 0) is 42.5 Å². The van der Waals surface area contributed by atoms with Crippen LogP contribution in [0.1, 0.15) is 5.56 Å². The van der Waals surface area contributed by atoms with Gasteiger partial charge in [-0.3, -0.25) is 4.79 Å². The van der Waals surface area contributed by atoms with Crippen molar-refractivity contribution in [3.05, 3.63) is 58.4 Å². The normalized spacial score (nSPS) is 11.4. The van der Waals surface area contributed by atoms with Crippen LogP contribution in [0.2, 0.25) is 0 Å². The summed E-state index contributed by atoms with van der Waals surface area (Å²) in [6.07, 6.45) is -4.80.